The minimum atomic E-state index is 0. The third-order valence-corrected chi connectivity index (χ3v) is 4.59. The van der Waals surface area contributed by atoms with E-state index < -0.39 is 0 Å². The Balaban J connectivity index is 0.00000243. The summed E-state index contributed by atoms with van der Waals surface area (Å²) in [4.78, 5) is 25.4. The van der Waals surface area contributed by atoms with Crippen LogP contribution in [0.4, 0.5) is 5.82 Å². The summed E-state index contributed by atoms with van der Waals surface area (Å²) in [5, 5.41) is 3.20. The molecule has 0 atom stereocenters. The monoisotopic (exact) mass is 375 g/mol. The molecule has 26 heavy (non-hydrogen) atoms. The summed E-state index contributed by atoms with van der Waals surface area (Å²) < 4.78 is 0. The molecule has 0 radical (unpaired) electrons. The van der Waals surface area contributed by atoms with Crippen molar-refractivity contribution in [2.24, 2.45) is 0 Å². The number of aromatic nitrogens is 2. The molecule has 0 spiro atoms. The lowest BCUT2D eigenvalue weighted by atomic mass is 10.1. The highest BCUT2D eigenvalue weighted by Crippen LogP contribution is 2.27. The second kappa shape index (κ2) is 9.62. The molecule has 1 aliphatic heterocycles. The zero-order valence-electron chi connectivity index (χ0n) is 15.3. The van der Waals surface area contributed by atoms with Crippen molar-refractivity contribution in [3.8, 4) is 11.3 Å². The smallest absolute Gasteiger partial charge is 0.159 e. The number of nitrogens with zero attached hydrogens (tertiary/aromatic N) is 4. The number of nitrogens with one attached hydrogen (secondary N) is 1. The fourth-order valence-corrected chi connectivity index (χ4v) is 3.08. The van der Waals surface area contributed by atoms with Crippen molar-refractivity contribution in [2.75, 3.05) is 51.2 Å². The van der Waals surface area contributed by atoms with Gasteiger partial charge in [0, 0.05) is 62.8 Å². The molecule has 3 rings (SSSR count). The molecular weight excluding hydrogens is 350 g/mol. The number of hydrogen-bond donors (Lipinski definition) is 1. The van der Waals surface area contributed by atoms with Gasteiger partial charge in [-0.25, -0.2) is 4.98 Å². The van der Waals surface area contributed by atoms with E-state index in [4.69, 9.17) is 0 Å². The lowest BCUT2D eigenvalue weighted by Gasteiger charge is -2.35. The van der Waals surface area contributed by atoms with Crippen LogP contribution in [-0.4, -0.2) is 67.0 Å². The number of Topliss-reactive ketones (excluding diaryl/α,β-unsaturated/α-hetero) is 1. The Morgan fingerprint density at radius 3 is 2.35 bits per heavy atom. The van der Waals surface area contributed by atoms with Gasteiger partial charge in [-0.05, 0) is 14.0 Å². The first-order chi connectivity index (χ1) is 12.2. The largest absolute Gasteiger partial charge is 0.352 e. The predicted molar refractivity (Wildman–Crippen MR) is 107 cm³/mol. The zero-order valence-corrected chi connectivity index (χ0v) is 16.1. The normalized spacial score (nSPS) is 14.8. The van der Waals surface area contributed by atoms with Gasteiger partial charge in [0.25, 0.3) is 0 Å². The Morgan fingerprint density at radius 2 is 1.73 bits per heavy atom. The maximum absolute atomic E-state index is 11.5. The maximum atomic E-state index is 11.5. The van der Waals surface area contributed by atoms with Crippen LogP contribution in [-0.2, 0) is 0 Å². The molecule has 1 fully saturated rings. The van der Waals surface area contributed by atoms with Crippen LogP contribution in [0, 0.1) is 0 Å². The second-order valence-electron chi connectivity index (χ2n) is 6.29. The molecule has 1 N–H and O–H groups in total. The Morgan fingerprint density at radius 1 is 1.08 bits per heavy atom. The van der Waals surface area contributed by atoms with Crippen LogP contribution in [0.2, 0.25) is 0 Å². The minimum absolute atomic E-state index is 0. The first-order valence-corrected chi connectivity index (χ1v) is 8.73. The Bertz CT molecular complexity index is 714. The van der Waals surface area contributed by atoms with E-state index in [9.17, 15) is 4.79 Å². The molecule has 0 saturated carbocycles. The van der Waals surface area contributed by atoms with E-state index in [0.29, 0.717) is 5.56 Å². The van der Waals surface area contributed by atoms with Crippen LogP contribution in [0.25, 0.3) is 11.3 Å². The Hall–Kier alpha value is -2.02. The van der Waals surface area contributed by atoms with Gasteiger partial charge >= 0.3 is 0 Å². The van der Waals surface area contributed by atoms with Gasteiger partial charge in [-0.15, -0.1) is 12.4 Å². The molecule has 0 aliphatic carbocycles. The van der Waals surface area contributed by atoms with Gasteiger partial charge < -0.3 is 10.2 Å². The Labute approximate surface area is 161 Å². The first-order valence-electron chi connectivity index (χ1n) is 8.73. The van der Waals surface area contributed by atoms with Crippen molar-refractivity contribution < 1.29 is 4.79 Å². The van der Waals surface area contributed by atoms with E-state index >= 15 is 0 Å². The van der Waals surface area contributed by atoms with Crippen molar-refractivity contribution >= 4 is 24.0 Å². The molecule has 6 nitrogen and oxygen atoms in total. The number of halogens is 1. The number of piperazine rings is 1. The van der Waals surface area contributed by atoms with Crippen LogP contribution < -0.4 is 10.2 Å². The fourth-order valence-electron chi connectivity index (χ4n) is 3.08. The van der Waals surface area contributed by atoms with Crippen LogP contribution in [0.15, 0.2) is 36.7 Å². The number of ketones is 1. The SMILES string of the molecule is CNCCN1CCN(c2nccnc2-c2ccc(C(C)=O)cc2)CC1.Cl. The van der Waals surface area contributed by atoms with Crippen LogP contribution in [0.3, 0.4) is 0 Å². The predicted octanol–water partition coefficient (Wildman–Crippen LogP) is 2.11. The number of anilines is 1. The lowest BCUT2D eigenvalue weighted by Crippen LogP contribution is -2.48. The average molecular weight is 376 g/mol. The van der Waals surface area contributed by atoms with Crippen LogP contribution in [0.5, 0.6) is 0 Å². The van der Waals surface area contributed by atoms with Gasteiger partial charge in [-0.1, -0.05) is 24.3 Å². The molecular formula is C19H26ClN5O. The zero-order chi connectivity index (χ0) is 17.6. The molecule has 0 bridgehead atoms. The molecule has 1 aliphatic rings. The molecule has 1 aromatic carbocycles. The van der Waals surface area contributed by atoms with Crippen molar-refractivity contribution in [3.05, 3.63) is 42.2 Å². The van der Waals surface area contributed by atoms with E-state index in [1.54, 1.807) is 19.3 Å². The molecule has 7 heteroatoms. The van der Waals surface area contributed by atoms with E-state index in [1.165, 1.54) is 0 Å². The number of likely N-dealkylation sites (N-methyl/N-ethyl adjacent to an activating group) is 1. The molecule has 2 aromatic rings. The topological polar surface area (TPSA) is 61.4 Å². The summed E-state index contributed by atoms with van der Waals surface area (Å²) in [6, 6.07) is 7.61. The molecule has 1 saturated heterocycles. The van der Waals surface area contributed by atoms with Gasteiger partial charge in [0.05, 0.1) is 0 Å². The van der Waals surface area contributed by atoms with E-state index in [2.05, 4.69) is 25.1 Å². The van der Waals surface area contributed by atoms with Crippen molar-refractivity contribution in [3.63, 3.8) is 0 Å². The summed E-state index contributed by atoms with van der Waals surface area (Å²) in [5.41, 5.74) is 2.58. The van der Waals surface area contributed by atoms with Crippen molar-refractivity contribution in [1.29, 1.82) is 0 Å². The lowest BCUT2D eigenvalue weighted by molar-refractivity contribution is 0.101. The highest BCUT2D eigenvalue weighted by atomic mass is 35.5. The highest BCUT2D eigenvalue weighted by molar-refractivity contribution is 5.94. The quantitative estimate of drug-likeness (QED) is 0.780. The molecule has 2 heterocycles. The summed E-state index contributed by atoms with van der Waals surface area (Å²) in [7, 11) is 1.99. The average Bonchev–Trinajstić information content (AvgIpc) is 2.67. The van der Waals surface area contributed by atoms with Crippen LogP contribution in [0.1, 0.15) is 17.3 Å². The summed E-state index contributed by atoms with van der Waals surface area (Å²) in [6.07, 6.45) is 3.47. The van der Waals surface area contributed by atoms with Gasteiger partial charge in [-0.3, -0.25) is 14.7 Å². The first kappa shape index (κ1) is 20.3. The van der Waals surface area contributed by atoms with E-state index in [0.717, 1.165) is 56.3 Å². The third-order valence-electron chi connectivity index (χ3n) is 4.59. The van der Waals surface area contributed by atoms with Gasteiger partial charge in [0.2, 0.25) is 0 Å². The molecule has 0 amide bonds. The van der Waals surface area contributed by atoms with E-state index in [1.807, 2.05) is 31.3 Å². The second-order valence-corrected chi connectivity index (χ2v) is 6.29. The summed E-state index contributed by atoms with van der Waals surface area (Å²) in [6.45, 7) is 7.61. The maximum Gasteiger partial charge on any atom is 0.159 e. The highest BCUT2D eigenvalue weighted by Gasteiger charge is 2.21. The Kier molecular flexibility index (Phi) is 7.50. The number of rotatable bonds is 6. The molecule has 1 aromatic heterocycles. The van der Waals surface area contributed by atoms with Gasteiger partial charge in [-0.2, -0.15) is 0 Å². The molecule has 0 unspecified atom stereocenters. The van der Waals surface area contributed by atoms with E-state index in [-0.39, 0.29) is 18.2 Å². The third kappa shape index (κ3) is 4.78. The number of hydrogen-bond acceptors (Lipinski definition) is 6. The number of benzene rings is 1. The van der Waals surface area contributed by atoms with Gasteiger partial charge in [0.1, 0.15) is 5.69 Å². The molecule has 140 valence electrons. The van der Waals surface area contributed by atoms with Gasteiger partial charge in [0.15, 0.2) is 11.6 Å². The summed E-state index contributed by atoms with van der Waals surface area (Å²) >= 11 is 0. The number of carbonyl (C=O) groups excluding carboxylic acids is 1. The minimum Gasteiger partial charge on any atom is -0.352 e. The number of carbonyl (C=O) groups is 1. The fraction of sp³-hybridized carbons (Fsp3) is 0.421. The summed E-state index contributed by atoms with van der Waals surface area (Å²) in [5.74, 6) is 0.995. The standard InChI is InChI=1S/C19H25N5O.ClH/c1-15(25)16-3-5-17(6-4-16)18-19(22-8-7-21-18)24-13-11-23(12-14-24)10-9-20-2;/h3-8,20H,9-14H2,1-2H3;1H. The van der Waals surface area contributed by atoms with Crippen molar-refractivity contribution in [2.45, 2.75) is 6.92 Å². The van der Waals surface area contributed by atoms with Crippen molar-refractivity contribution in [1.82, 2.24) is 20.2 Å². The van der Waals surface area contributed by atoms with Crippen LogP contribution >= 0.6 is 12.4 Å².